The normalized spacial score (nSPS) is 17.9. The maximum atomic E-state index is 13.5. The average Bonchev–Trinajstić information content (AvgIpc) is 3.90. The minimum absolute atomic E-state index is 0.649. The van der Waals surface area contributed by atoms with Gasteiger partial charge in [0.25, 0.3) is 0 Å². The number of rotatable bonds is 2. The second-order valence-corrected chi connectivity index (χ2v) is 19.4. The Morgan fingerprint density at radius 2 is 1.03 bits per heavy atom. The number of nitrogens with zero attached hydrogens (tertiary/aromatic N) is 1. The summed E-state index contributed by atoms with van der Waals surface area (Å²) in [6.45, 7) is 0. The van der Waals surface area contributed by atoms with E-state index < -0.39 is 12.9 Å². The topological polar surface area (TPSA) is 25.2 Å². The summed E-state index contributed by atoms with van der Waals surface area (Å²) in [5, 5.41) is 10.5. The van der Waals surface area contributed by atoms with Crippen LogP contribution in [0.4, 0.5) is 0 Å². The minimum atomic E-state index is -2.99. The molecule has 60 heavy (non-hydrogen) atoms. The number of hydrogen-bond acceptors (Lipinski definition) is 1. The van der Waals surface area contributed by atoms with Crippen molar-refractivity contribution in [3.05, 3.63) is 229 Å². The van der Waals surface area contributed by atoms with Crippen LogP contribution in [0, 0.1) is 0 Å². The van der Waals surface area contributed by atoms with E-state index >= 15 is 0 Å². The summed E-state index contributed by atoms with van der Waals surface area (Å²) in [5.74, 6) is 0. The fourth-order valence-electron chi connectivity index (χ4n) is 11.7. The lowest BCUT2D eigenvalue weighted by Gasteiger charge is -2.39. The van der Waals surface area contributed by atoms with Crippen LogP contribution in [0.25, 0.3) is 82.4 Å². The molecule has 0 fully saturated rings. The fraction of sp³-hybridized carbons (Fsp3) is 0.0175. The van der Waals surface area contributed by atoms with E-state index in [1.807, 2.05) is 6.07 Å². The van der Waals surface area contributed by atoms with Crippen molar-refractivity contribution < 1.29 is 4.89 Å². The molecular weight excluding hydrogens is 746 g/mol. The van der Waals surface area contributed by atoms with Crippen LogP contribution in [0.1, 0.15) is 22.3 Å². The highest BCUT2D eigenvalue weighted by Gasteiger charge is 2.57. The third kappa shape index (κ3) is 3.83. The highest BCUT2D eigenvalue weighted by molar-refractivity contribution is 7.92. The van der Waals surface area contributed by atoms with Crippen molar-refractivity contribution in [1.29, 1.82) is 0 Å². The highest BCUT2D eigenvalue weighted by Crippen LogP contribution is 2.66. The van der Waals surface area contributed by atoms with E-state index in [1.165, 1.54) is 93.5 Å². The van der Waals surface area contributed by atoms with E-state index in [-0.39, 0.29) is 0 Å². The van der Waals surface area contributed by atoms with Gasteiger partial charge in [0.05, 0.1) is 22.1 Å². The van der Waals surface area contributed by atoms with Crippen LogP contribution in [0.3, 0.4) is 0 Å². The van der Waals surface area contributed by atoms with Crippen LogP contribution in [-0.2, 0) is 5.41 Å². The largest absolute Gasteiger partial charge is 0.309 e. The van der Waals surface area contributed by atoms with E-state index in [9.17, 15) is 4.89 Å². The number of aromatic nitrogens is 1. The van der Waals surface area contributed by atoms with Crippen molar-refractivity contribution in [2.75, 3.05) is 0 Å². The lowest BCUT2D eigenvalue weighted by molar-refractivity contribution is 0.634. The maximum absolute atomic E-state index is 13.5. The van der Waals surface area contributed by atoms with Crippen LogP contribution in [0.2, 0.25) is 0 Å². The molecule has 0 bridgehead atoms. The van der Waals surface area contributed by atoms with Gasteiger partial charge in [0, 0.05) is 21.9 Å². The average molecular weight is 781 g/mol. The molecule has 0 amide bonds. The third-order valence-electron chi connectivity index (χ3n) is 14.0. The number of para-hydroxylation sites is 3. The van der Waals surface area contributed by atoms with E-state index in [4.69, 9.17) is 0 Å². The number of hydrogen-bond donors (Lipinski definition) is 1. The van der Waals surface area contributed by atoms with E-state index in [1.54, 1.807) is 0 Å². The van der Waals surface area contributed by atoms with Gasteiger partial charge in [0.1, 0.15) is 15.9 Å². The first-order valence-corrected chi connectivity index (χ1v) is 22.6. The van der Waals surface area contributed by atoms with Gasteiger partial charge in [-0.2, -0.15) is 0 Å². The molecule has 2 atom stereocenters. The molecule has 3 heteroatoms. The molecule has 14 rings (SSSR count). The monoisotopic (exact) mass is 780 g/mol. The first-order valence-electron chi connectivity index (χ1n) is 20.8. The molecule has 1 N–H and O–H groups in total. The SMILES string of the molecule is O[P+]1(c2ccccc2)c2ccccc2-c2cc3c(cc21)-c1c(-c2cc4ccccc4c4ccccc24)cccc1C31c2ccccc2-n2c3ccccc3c3cccc1c32. The van der Waals surface area contributed by atoms with Gasteiger partial charge in [0.2, 0.25) is 7.49 Å². The molecule has 10 aromatic carbocycles. The van der Waals surface area contributed by atoms with Crippen molar-refractivity contribution in [3.8, 4) is 39.1 Å². The quantitative estimate of drug-likeness (QED) is 0.137. The zero-order chi connectivity index (χ0) is 39.3. The van der Waals surface area contributed by atoms with Crippen LogP contribution in [0.15, 0.2) is 206 Å². The summed E-state index contributed by atoms with van der Waals surface area (Å²) in [6, 6.07) is 75.9. The predicted octanol–water partition coefficient (Wildman–Crippen LogP) is 12.6. The van der Waals surface area contributed by atoms with Crippen molar-refractivity contribution in [1.82, 2.24) is 4.57 Å². The smallest absolute Gasteiger partial charge is 0.239 e. The Morgan fingerprint density at radius 1 is 0.383 bits per heavy atom. The summed E-state index contributed by atoms with van der Waals surface area (Å²) in [7, 11) is -2.99. The molecule has 0 saturated carbocycles. The van der Waals surface area contributed by atoms with Crippen molar-refractivity contribution in [2.24, 2.45) is 0 Å². The lowest BCUT2D eigenvalue weighted by Crippen LogP contribution is -2.34. The summed E-state index contributed by atoms with van der Waals surface area (Å²) in [6.07, 6.45) is 0. The standard InChI is InChI=1S/C57H35NOP/c59-60(36-17-2-1-3-18-36)53-31-13-9-23-41(53)45-33-50-46(34-54(45)60)55-42(44-32-35-16-4-5-19-37(35)38-20-6-7-21-39(38)44)24-14-27-48(55)57(50)47-26-10-12-30-52(47)58-51-29-11-8-22-40(51)43-25-15-28-49(57)56(43)58/h1-34,59H/q+1. The first kappa shape index (κ1) is 32.8. The predicted molar refractivity (Wildman–Crippen MR) is 252 cm³/mol. The maximum Gasteiger partial charge on any atom is 0.239 e. The zero-order valence-electron chi connectivity index (χ0n) is 32.5. The van der Waals surface area contributed by atoms with Gasteiger partial charge in [-0.25, -0.2) is 4.89 Å². The molecule has 3 heterocycles. The van der Waals surface area contributed by atoms with Crippen LogP contribution in [-0.4, -0.2) is 9.46 Å². The molecule has 2 aliphatic heterocycles. The Morgan fingerprint density at radius 3 is 1.93 bits per heavy atom. The summed E-state index contributed by atoms with van der Waals surface area (Å²) < 4.78 is 2.52. The van der Waals surface area contributed by atoms with Crippen LogP contribution < -0.4 is 15.9 Å². The molecule has 278 valence electrons. The highest BCUT2D eigenvalue weighted by atomic mass is 31.2. The Balaban J connectivity index is 1.20. The molecule has 1 spiro atoms. The van der Waals surface area contributed by atoms with E-state index in [2.05, 4.69) is 205 Å². The van der Waals surface area contributed by atoms with Crippen molar-refractivity contribution in [2.45, 2.75) is 5.41 Å². The van der Waals surface area contributed by atoms with E-state index in [0.717, 1.165) is 27.0 Å². The fourth-order valence-corrected chi connectivity index (χ4v) is 14.8. The Labute approximate surface area is 347 Å². The molecule has 0 saturated heterocycles. The Hall–Kier alpha value is -7.09. The zero-order valence-corrected chi connectivity index (χ0v) is 33.4. The summed E-state index contributed by atoms with van der Waals surface area (Å²) in [4.78, 5) is 13.5. The van der Waals surface area contributed by atoms with Gasteiger partial charge in [-0.15, -0.1) is 0 Å². The van der Waals surface area contributed by atoms with Gasteiger partial charge >= 0.3 is 0 Å². The van der Waals surface area contributed by atoms with Crippen LogP contribution >= 0.6 is 7.49 Å². The molecule has 2 unspecified atom stereocenters. The molecule has 0 radical (unpaired) electrons. The third-order valence-corrected chi connectivity index (χ3v) is 17.2. The van der Waals surface area contributed by atoms with Gasteiger partial charge in [-0.1, -0.05) is 158 Å². The van der Waals surface area contributed by atoms with Gasteiger partial charge in [-0.3, -0.25) is 0 Å². The number of fused-ring (bicyclic) bond motifs is 18. The summed E-state index contributed by atoms with van der Waals surface area (Å²) >= 11 is 0. The molecule has 11 aromatic rings. The van der Waals surface area contributed by atoms with Crippen LogP contribution in [0.5, 0.6) is 0 Å². The molecule has 3 aliphatic rings. The Kier molecular flexibility index (Phi) is 6.32. The minimum Gasteiger partial charge on any atom is -0.309 e. The van der Waals surface area contributed by atoms with Gasteiger partial charge in [-0.05, 0) is 115 Å². The molecular formula is C57H35NOP+. The second-order valence-electron chi connectivity index (χ2n) is 16.6. The number of benzene rings is 10. The first-order chi connectivity index (χ1) is 29.7. The molecule has 1 aromatic heterocycles. The second kappa shape index (κ2) is 11.6. The summed E-state index contributed by atoms with van der Waals surface area (Å²) in [5.41, 5.74) is 15.2. The molecule has 2 nitrogen and oxygen atoms in total. The molecule has 1 aliphatic carbocycles. The lowest BCUT2D eigenvalue weighted by atomic mass is 9.65. The van der Waals surface area contributed by atoms with Crippen molar-refractivity contribution in [3.63, 3.8) is 0 Å². The van der Waals surface area contributed by atoms with Crippen molar-refractivity contribution >= 4 is 66.8 Å². The van der Waals surface area contributed by atoms with Gasteiger partial charge in [0.15, 0.2) is 0 Å². The van der Waals surface area contributed by atoms with Gasteiger partial charge < -0.3 is 4.57 Å². The Bertz CT molecular complexity index is 3690. The van der Waals surface area contributed by atoms with E-state index in [0.29, 0.717) is 0 Å².